The number of aliphatic hydroxyl groups excluding tert-OH is 1. The van der Waals surface area contributed by atoms with Crippen molar-refractivity contribution in [2.45, 2.75) is 12.5 Å². The number of benzene rings is 2. The average Bonchev–Trinajstić information content (AvgIpc) is 2.51. The molecule has 0 aliphatic heterocycles. The van der Waals surface area contributed by atoms with Gasteiger partial charge in [-0.15, -0.1) is 0 Å². The van der Waals surface area contributed by atoms with Crippen molar-refractivity contribution in [1.82, 2.24) is 5.32 Å². The van der Waals surface area contributed by atoms with Crippen LogP contribution in [0.5, 0.6) is 17.2 Å². The SMILES string of the molecule is OCCCNC(c1ccccc1)c1ccc(O)c(O)c1O. The van der Waals surface area contributed by atoms with E-state index >= 15 is 0 Å². The molecule has 0 saturated heterocycles. The Morgan fingerprint density at radius 3 is 2.29 bits per heavy atom. The molecule has 2 aromatic rings. The minimum atomic E-state index is -0.530. The highest BCUT2D eigenvalue weighted by atomic mass is 16.3. The summed E-state index contributed by atoms with van der Waals surface area (Å²) in [6.07, 6.45) is 0.578. The molecular weight excluding hydrogens is 270 g/mol. The van der Waals surface area contributed by atoms with Crippen molar-refractivity contribution >= 4 is 0 Å². The van der Waals surface area contributed by atoms with Crippen molar-refractivity contribution in [3.8, 4) is 17.2 Å². The quantitative estimate of drug-likeness (QED) is 0.413. The lowest BCUT2D eigenvalue weighted by molar-refractivity contribution is 0.284. The summed E-state index contributed by atoms with van der Waals surface area (Å²) in [6, 6.07) is 12.0. The van der Waals surface area contributed by atoms with Crippen LogP contribution in [0.15, 0.2) is 42.5 Å². The molecule has 0 aliphatic carbocycles. The molecule has 112 valence electrons. The monoisotopic (exact) mass is 289 g/mol. The van der Waals surface area contributed by atoms with Crippen molar-refractivity contribution in [2.75, 3.05) is 13.2 Å². The van der Waals surface area contributed by atoms with Crippen LogP contribution in [0, 0.1) is 0 Å². The summed E-state index contributed by atoms with van der Waals surface area (Å²) < 4.78 is 0. The number of aromatic hydroxyl groups is 3. The lowest BCUT2D eigenvalue weighted by atomic mass is 9.97. The predicted octanol–water partition coefficient (Wildman–Crippen LogP) is 1.86. The molecule has 0 heterocycles. The molecule has 0 radical (unpaired) electrons. The van der Waals surface area contributed by atoms with E-state index in [2.05, 4.69) is 5.32 Å². The molecule has 2 rings (SSSR count). The van der Waals surface area contributed by atoms with E-state index in [1.54, 1.807) is 6.07 Å². The second-order valence-corrected chi connectivity index (χ2v) is 4.75. The summed E-state index contributed by atoms with van der Waals surface area (Å²) in [5, 5.41) is 41.3. The van der Waals surface area contributed by atoms with E-state index in [4.69, 9.17) is 5.11 Å². The molecular formula is C16H19NO4. The first-order chi connectivity index (χ1) is 10.1. The number of phenols is 3. The minimum absolute atomic E-state index is 0.0708. The van der Waals surface area contributed by atoms with E-state index in [1.165, 1.54) is 6.07 Å². The van der Waals surface area contributed by atoms with Gasteiger partial charge in [0.15, 0.2) is 11.5 Å². The third-order valence-corrected chi connectivity index (χ3v) is 3.29. The molecule has 0 saturated carbocycles. The highest BCUT2D eigenvalue weighted by Gasteiger charge is 2.20. The Kier molecular flexibility index (Phi) is 5.03. The zero-order valence-electron chi connectivity index (χ0n) is 11.5. The molecule has 1 atom stereocenters. The van der Waals surface area contributed by atoms with Crippen LogP contribution < -0.4 is 5.32 Å². The summed E-state index contributed by atoms with van der Waals surface area (Å²) >= 11 is 0. The molecule has 0 aliphatic rings. The van der Waals surface area contributed by atoms with Gasteiger partial charge in [0.2, 0.25) is 5.75 Å². The number of hydrogen-bond donors (Lipinski definition) is 5. The van der Waals surface area contributed by atoms with Crippen LogP contribution in [0.1, 0.15) is 23.6 Å². The standard InChI is InChI=1S/C16H19NO4/c18-10-4-9-17-14(11-5-2-1-3-6-11)12-7-8-13(19)16(21)15(12)20/h1-3,5-8,14,17-21H,4,9-10H2. The Labute approximate surface area is 123 Å². The summed E-state index contributed by atoms with van der Waals surface area (Å²) in [5.41, 5.74) is 1.38. The highest BCUT2D eigenvalue weighted by molar-refractivity contribution is 5.55. The van der Waals surface area contributed by atoms with Crippen molar-refractivity contribution in [1.29, 1.82) is 0 Å². The van der Waals surface area contributed by atoms with Gasteiger partial charge in [-0.2, -0.15) is 0 Å². The number of rotatable bonds is 6. The fourth-order valence-electron chi connectivity index (χ4n) is 2.20. The molecule has 0 amide bonds. The Bertz CT molecular complexity index is 586. The zero-order valence-corrected chi connectivity index (χ0v) is 11.5. The van der Waals surface area contributed by atoms with E-state index in [1.807, 2.05) is 30.3 Å². The molecule has 5 heteroatoms. The van der Waals surface area contributed by atoms with Crippen LogP contribution in [0.2, 0.25) is 0 Å². The Hall–Kier alpha value is -2.24. The number of phenolic OH excluding ortho intramolecular Hbond substituents is 3. The van der Waals surface area contributed by atoms with Gasteiger partial charge in [0.05, 0.1) is 6.04 Å². The number of hydrogen-bond acceptors (Lipinski definition) is 5. The van der Waals surface area contributed by atoms with Gasteiger partial charge < -0.3 is 25.7 Å². The maximum Gasteiger partial charge on any atom is 0.200 e. The predicted molar refractivity (Wildman–Crippen MR) is 79.4 cm³/mol. The van der Waals surface area contributed by atoms with Gasteiger partial charge in [0, 0.05) is 12.2 Å². The highest BCUT2D eigenvalue weighted by Crippen LogP contribution is 2.41. The maximum atomic E-state index is 10.1. The normalized spacial score (nSPS) is 12.2. The average molecular weight is 289 g/mol. The van der Waals surface area contributed by atoms with Crippen LogP contribution in [-0.4, -0.2) is 33.6 Å². The molecule has 2 aromatic carbocycles. The summed E-state index contributed by atoms with van der Waals surface area (Å²) in [4.78, 5) is 0. The largest absolute Gasteiger partial charge is 0.504 e. The molecule has 0 spiro atoms. The summed E-state index contributed by atoms with van der Waals surface area (Å²) in [7, 11) is 0. The van der Waals surface area contributed by atoms with Crippen molar-refractivity contribution in [2.24, 2.45) is 0 Å². The van der Waals surface area contributed by atoms with Crippen LogP contribution >= 0.6 is 0 Å². The van der Waals surface area contributed by atoms with Gasteiger partial charge >= 0.3 is 0 Å². The van der Waals surface area contributed by atoms with Gasteiger partial charge in [0.25, 0.3) is 0 Å². The summed E-state index contributed by atoms with van der Waals surface area (Å²) in [5.74, 6) is -1.24. The van der Waals surface area contributed by atoms with Crippen LogP contribution in [0.4, 0.5) is 0 Å². The van der Waals surface area contributed by atoms with Gasteiger partial charge in [-0.3, -0.25) is 0 Å². The van der Waals surface area contributed by atoms with Crippen LogP contribution in [0.3, 0.4) is 0 Å². The lowest BCUT2D eigenvalue weighted by Crippen LogP contribution is -2.24. The fourth-order valence-corrected chi connectivity index (χ4v) is 2.20. The van der Waals surface area contributed by atoms with Gasteiger partial charge in [0.1, 0.15) is 0 Å². The van der Waals surface area contributed by atoms with E-state index in [0.717, 1.165) is 5.56 Å². The number of nitrogens with one attached hydrogen (secondary N) is 1. The molecule has 5 N–H and O–H groups in total. The van der Waals surface area contributed by atoms with Crippen LogP contribution in [-0.2, 0) is 0 Å². The maximum absolute atomic E-state index is 10.1. The molecule has 0 bridgehead atoms. The van der Waals surface area contributed by atoms with Gasteiger partial charge in [-0.05, 0) is 30.7 Å². The first kappa shape index (κ1) is 15.2. The first-order valence-corrected chi connectivity index (χ1v) is 6.78. The van der Waals surface area contributed by atoms with Crippen molar-refractivity contribution in [3.05, 3.63) is 53.6 Å². The molecule has 0 fully saturated rings. The minimum Gasteiger partial charge on any atom is -0.504 e. The van der Waals surface area contributed by atoms with Crippen LogP contribution in [0.25, 0.3) is 0 Å². The fraction of sp³-hybridized carbons (Fsp3) is 0.250. The third-order valence-electron chi connectivity index (χ3n) is 3.29. The zero-order chi connectivity index (χ0) is 15.2. The molecule has 0 aromatic heterocycles. The third kappa shape index (κ3) is 3.45. The molecule has 21 heavy (non-hydrogen) atoms. The van der Waals surface area contributed by atoms with Crippen molar-refractivity contribution in [3.63, 3.8) is 0 Å². The molecule has 1 unspecified atom stereocenters. The second-order valence-electron chi connectivity index (χ2n) is 4.75. The van der Waals surface area contributed by atoms with E-state index in [-0.39, 0.29) is 24.1 Å². The van der Waals surface area contributed by atoms with Gasteiger partial charge in [-0.1, -0.05) is 30.3 Å². The smallest absolute Gasteiger partial charge is 0.200 e. The topological polar surface area (TPSA) is 93.0 Å². The lowest BCUT2D eigenvalue weighted by Gasteiger charge is -2.21. The summed E-state index contributed by atoms with van der Waals surface area (Å²) in [6.45, 7) is 0.623. The number of aliphatic hydroxyl groups is 1. The Morgan fingerprint density at radius 2 is 1.62 bits per heavy atom. The Balaban J connectivity index is 2.38. The van der Waals surface area contributed by atoms with E-state index in [0.29, 0.717) is 18.5 Å². The Morgan fingerprint density at radius 1 is 0.905 bits per heavy atom. The first-order valence-electron chi connectivity index (χ1n) is 6.78. The second kappa shape index (κ2) is 6.97. The van der Waals surface area contributed by atoms with Crippen molar-refractivity contribution < 1.29 is 20.4 Å². The van der Waals surface area contributed by atoms with Gasteiger partial charge in [-0.25, -0.2) is 0 Å². The van der Waals surface area contributed by atoms with E-state index < -0.39 is 5.75 Å². The van der Waals surface area contributed by atoms with E-state index in [9.17, 15) is 15.3 Å². The molecule has 5 nitrogen and oxygen atoms in total.